The normalized spacial score (nSPS) is 26.6. The first-order valence-corrected chi connectivity index (χ1v) is 7.00. The highest BCUT2D eigenvalue weighted by atomic mass is 32.2. The van der Waals surface area contributed by atoms with Gasteiger partial charge in [-0.2, -0.15) is 4.99 Å². The molecule has 1 aromatic rings. The number of carbonyl (C=O) groups is 1. The van der Waals surface area contributed by atoms with Crippen molar-refractivity contribution in [3.05, 3.63) is 30.1 Å². The Kier molecular flexibility index (Phi) is 3.52. The molecular formula is C13H13FN2O2S. The van der Waals surface area contributed by atoms with E-state index in [1.807, 2.05) is 0 Å². The summed E-state index contributed by atoms with van der Waals surface area (Å²) in [7, 11) is 0. The van der Waals surface area contributed by atoms with E-state index >= 15 is 0 Å². The SMILES string of the molecule is O=C1N=C(Nc2ccccc2F)SC1[C@@H]1CCOC1. The lowest BCUT2D eigenvalue weighted by Gasteiger charge is -2.13. The molecule has 2 heterocycles. The number of rotatable bonds is 2. The molecule has 6 heteroatoms. The van der Waals surface area contributed by atoms with Crippen LogP contribution in [0.15, 0.2) is 29.3 Å². The third-order valence-electron chi connectivity index (χ3n) is 3.20. The van der Waals surface area contributed by atoms with Gasteiger partial charge < -0.3 is 10.1 Å². The van der Waals surface area contributed by atoms with E-state index < -0.39 is 0 Å². The second-order valence-electron chi connectivity index (χ2n) is 4.52. The van der Waals surface area contributed by atoms with Crippen LogP contribution in [0.1, 0.15) is 6.42 Å². The molecular weight excluding hydrogens is 267 g/mol. The second kappa shape index (κ2) is 5.30. The third-order valence-corrected chi connectivity index (χ3v) is 4.46. The Morgan fingerprint density at radius 2 is 2.26 bits per heavy atom. The summed E-state index contributed by atoms with van der Waals surface area (Å²) in [5.74, 6) is -0.300. The molecule has 1 aromatic carbocycles. The summed E-state index contributed by atoms with van der Waals surface area (Å²) < 4.78 is 18.8. The van der Waals surface area contributed by atoms with E-state index in [1.54, 1.807) is 18.2 Å². The molecule has 3 rings (SSSR count). The number of aliphatic imine (C=N–C) groups is 1. The molecule has 1 unspecified atom stereocenters. The summed E-state index contributed by atoms with van der Waals surface area (Å²) in [6.45, 7) is 1.30. The molecule has 1 saturated heterocycles. The summed E-state index contributed by atoms with van der Waals surface area (Å²) >= 11 is 1.36. The smallest absolute Gasteiger partial charge is 0.262 e. The standard InChI is InChI=1S/C13H13FN2O2S/c14-9-3-1-2-4-10(9)15-13-16-12(17)11(19-13)8-5-6-18-7-8/h1-4,8,11H,5-7H2,(H,15,16,17)/t8-,11?/m1/s1. The first kappa shape index (κ1) is 12.6. The quantitative estimate of drug-likeness (QED) is 0.903. The Hall–Kier alpha value is -1.40. The molecule has 19 heavy (non-hydrogen) atoms. The van der Waals surface area contributed by atoms with Crippen molar-refractivity contribution in [2.24, 2.45) is 10.9 Å². The maximum Gasteiger partial charge on any atom is 0.262 e. The highest BCUT2D eigenvalue weighted by Crippen LogP contribution is 2.33. The number of amidine groups is 1. The van der Waals surface area contributed by atoms with Crippen molar-refractivity contribution < 1.29 is 13.9 Å². The van der Waals surface area contributed by atoms with Crippen molar-refractivity contribution in [2.75, 3.05) is 18.5 Å². The number of ether oxygens (including phenoxy) is 1. The van der Waals surface area contributed by atoms with Crippen molar-refractivity contribution in [1.82, 2.24) is 0 Å². The Morgan fingerprint density at radius 1 is 1.42 bits per heavy atom. The van der Waals surface area contributed by atoms with Crippen LogP contribution in [-0.2, 0) is 9.53 Å². The average Bonchev–Trinajstić information content (AvgIpc) is 3.01. The average molecular weight is 280 g/mol. The number of nitrogens with one attached hydrogen (secondary N) is 1. The summed E-state index contributed by atoms with van der Waals surface area (Å²) in [5.41, 5.74) is 0.338. The lowest BCUT2D eigenvalue weighted by molar-refractivity contribution is -0.117. The van der Waals surface area contributed by atoms with E-state index in [2.05, 4.69) is 10.3 Å². The highest BCUT2D eigenvalue weighted by Gasteiger charge is 2.37. The third kappa shape index (κ3) is 2.64. The van der Waals surface area contributed by atoms with E-state index in [9.17, 15) is 9.18 Å². The number of benzene rings is 1. The van der Waals surface area contributed by atoms with Gasteiger partial charge in [0.1, 0.15) is 5.82 Å². The Morgan fingerprint density at radius 3 is 3.00 bits per heavy atom. The lowest BCUT2D eigenvalue weighted by atomic mass is 10.0. The van der Waals surface area contributed by atoms with Crippen molar-refractivity contribution in [3.63, 3.8) is 0 Å². The van der Waals surface area contributed by atoms with E-state index in [1.165, 1.54) is 17.8 Å². The number of hydrogen-bond acceptors (Lipinski definition) is 4. The van der Waals surface area contributed by atoms with Crippen molar-refractivity contribution >= 4 is 28.5 Å². The molecule has 0 spiro atoms. The van der Waals surface area contributed by atoms with Crippen molar-refractivity contribution in [2.45, 2.75) is 11.7 Å². The number of carbonyl (C=O) groups excluding carboxylic acids is 1. The van der Waals surface area contributed by atoms with Crippen molar-refractivity contribution in [1.29, 1.82) is 0 Å². The summed E-state index contributed by atoms with van der Waals surface area (Å²) in [6, 6.07) is 6.34. The lowest BCUT2D eigenvalue weighted by Crippen LogP contribution is -2.23. The van der Waals surface area contributed by atoms with Gasteiger partial charge in [0.15, 0.2) is 5.17 Å². The van der Waals surface area contributed by atoms with Gasteiger partial charge in [-0.3, -0.25) is 4.79 Å². The second-order valence-corrected chi connectivity index (χ2v) is 5.65. The predicted molar refractivity (Wildman–Crippen MR) is 72.8 cm³/mol. The van der Waals surface area contributed by atoms with Crippen LogP contribution >= 0.6 is 11.8 Å². The van der Waals surface area contributed by atoms with Gasteiger partial charge in [-0.1, -0.05) is 23.9 Å². The number of thioether (sulfide) groups is 1. The summed E-state index contributed by atoms with van der Waals surface area (Å²) in [5, 5.41) is 3.14. The Labute approximate surface area is 114 Å². The minimum Gasteiger partial charge on any atom is -0.381 e. The molecule has 1 amide bonds. The van der Waals surface area contributed by atoms with E-state index in [-0.39, 0.29) is 22.9 Å². The van der Waals surface area contributed by atoms with Gasteiger partial charge in [0.2, 0.25) is 0 Å². The Balaban J connectivity index is 1.69. The molecule has 1 N–H and O–H groups in total. The van der Waals surface area contributed by atoms with Gasteiger partial charge in [-0.05, 0) is 18.6 Å². The topological polar surface area (TPSA) is 50.7 Å². The fourth-order valence-corrected chi connectivity index (χ4v) is 3.30. The summed E-state index contributed by atoms with van der Waals surface area (Å²) in [6.07, 6.45) is 0.881. The van der Waals surface area contributed by atoms with Crippen molar-refractivity contribution in [3.8, 4) is 0 Å². The fourth-order valence-electron chi connectivity index (χ4n) is 2.19. The molecule has 0 bridgehead atoms. The van der Waals surface area contributed by atoms with Crippen LogP contribution in [0, 0.1) is 11.7 Å². The van der Waals surface area contributed by atoms with Gasteiger partial charge in [-0.25, -0.2) is 4.39 Å². The van der Waals surface area contributed by atoms with E-state index in [4.69, 9.17) is 4.74 Å². The van der Waals surface area contributed by atoms with Crippen LogP contribution in [0.4, 0.5) is 10.1 Å². The van der Waals surface area contributed by atoms with Gasteiger partial charge in [0.05, 0.1) is 17.5 Å². The molecule has 0 aliphatic carbocycles. The van der Waals surface area contributed by atoms with Crippen LogP contribution in [-0.4, -0.2) is 29.5 Å². The van der Waals surface area contributed by atoms with Gasteiger partial charge in [0, 0.05) is 12.5 Å². The molecule has 1 fully saturated rings. The molecule has 2 aliphatic heterocycles. The fraction of sp³-hybridized carbons (Fsp3) is 0.385. The number of amides is 1. The van der Waals surface area contributed by atoms with Crippen LogP contribution in [0.5, 0.6) is 0 Å². The van der Waals surface area contributed by atoms with Gasteiger partial charge in [-0.15, -0.1) is 0 Å². The first-order valence-electron chi connectivity index (χ1n) is 6.12. The van der Waals surface area contributed by atoms with Crippen LogP contribution in [0.3, 0.4) is 0 Å². The molecule has 0 saturated carbocycles. The van der Waals surface area contributed by atoms with Gasteiger partial charge >= 0.3 is 0 Å². The van der Waals surface area contributed by atoms with Crippen LogP contribution in [0.25, 0.3) is 0 Å². The molecule has 100 valence electrons. The zero-order chi connectivity index (χ0) is 13.2. The number of hydrogen-bond donors (Lipinski definition) is 1. The minimum absolute atomic E-state index is 0.153. The number of halogens is 1. The molecule has 4 nitrogen and oxygen atoms in total. The summed E-state index contributed by atoms with van der Waals surface area (Å²) in [4.78, 5) is 15.8. The molecule has 2 aliphatic rings. The maximum absolute atomic E-state index is 13.5. The highest BCUT2D eigenvalue weighted by molar-refractivity contribution is 8.15. The number of para-hydroxylation sites is 1. The largest absolute Gasteiger partial charge is 0.381 e. The monoisotopic (exact) mass is 280 g/mol. The molecule has 2 atom stereocenters. The Bertz CT molecular complexity index is 529. The zero-order valence-electron chi connectivity index (χ0n) is 10.1. The molecule has 0 aromatic heterocycles. The minimum atomic E-state index is -0.356. The first-order chi connectivity index (χ1) is 9.24. The number of anilines is 1. The zero-order valence-corrected chi connectivity index (χ0v) is 11.0. The maximum atomic E-state index is 13.5. The van der Waals surface area contributed by atoms with E-state index in [0.717, 1.165) is 6.42 Å². The van der Waals surface area contributed by atoms with Crippen LogP contribution in [0.2, 0.25) is 0 Å². The van der Waals surface area contributed by atoms with Crippen LogP contribution < -0.4 is 5.32 Å². The molecule has 0 radical (unpaired) electrons. The predicted octanol–water partition coefficient (Wildman–Crippen LogP) is 2.27. The van der Waals surface area contributed by atoms with E-state index in [0.29, 0.717) is 24.1 Å². The van der Waals surface area contributed by atoms with Gasteiger partial charge in [0.25, 0.3) is 5.91 Å². The number of nitrogens with zero attached hydrogens (tertiary/aromatic N) is 1.